The monoisotopic (exact) mass is 525 g/mol. The Kier molecular flexibility index (Phi) is 6.02. The number of amides is 3. The Labute approximate surface area is 224 Å². The topological polar surface area (TPSA) is 144 Å². The van der Waals surface area contributed by atoms with E-state index in [0.717, 1.165) is 18.4 Å². The number of imidazole rings is 1. The van der Waals surface area contributed by atoms with E-state index in [9.17, 15) is 19.6 Å². The second-order valence-electron chi connectivity index (χ2n) is 10.3. The first-order chi connectivity index (χ1) is 18.9. The molecule has 1 aliphatic carbocycles. The third kappa shape index (κ3) is 4.48. The molecule has 1 aromatic carbocycles. The number of pyridine rings is 1. The molecule has 0 radical (unpaired) electrons. The fraction of sp³-hybridized carbons (Fsp3) is 0.357. The molecule has 1 spiro atoms. The number of carbonyl (C=O) groups is 3. The van der Waals surface area contributed by atoms with Crippen molar-refractivity contribution >= 4 is 23.5 Å². The minimum Gasteiger partial charge on any atom is -0.472 e. The van der Waals surface area contributed by atoms with Gasteiger partial charge in [0, 0.05) is 19.7 Å². The van der Waals surface area contributed by atoms with Crippen molar-refractivity contribution in [3.8, 4) is 23.1 Å². The predicted octanol–water partition coefficient (Wildman–Crippen LogP) is 2.61. The highest BCUT2D eigenvalue weighted by Gasteiger charge is 2.56. The van der Waals surface area contributed by atoms with Gasteiger partial charge in [0.15, 0.2) is 17.4 Å². The van der Waals surface area contributed by atoms with E-state index in [2.05, 4.69) is 26.3 Å². The van der Waals surface area contributed by atoms with E-state index in [-0.39, 0.29) is 24.7 Å². The van der Waals surface area contributed by atoms with E-state index < -0.39 is 29.5 Å². The summed E-state index contributed by atoms with van der Waals surface area (Å²) in [4.78, 5) is 54.9. The number of likely N-dealkylation sites (N-methyl/N-ethyl adjacent to an activating group) is 1. The minimum atomic E-state index is -1.41. The summed E-state index contributed by atoms with van der Waals surface area (Å²) in [6, 6.07) is 13.4. The van der Waals surface area contributed by atoms with Crippen molar-refractivity contribution in [3.63, 3.8) is 0 Å². The van der Waals surface area contributed by atoms with Gasteiger partial charge in [-0.25, -0.2) is 9.97 Å². The Morgan fingerprint density at radius 2 is 2.03 bits per heavy atom. The van der Waals surface area contributed by atoms with Gasteiger partial charge < -0.3 is 24.8 Å². The maximum atomic E-state index is 14.0. The number of carbonyl (C=O) groups excluding carboxylic acids is 3. The number of benzene rings is 1. The Bertz CT molecular complexity index is 1480. The van der Waals surface area contributed by atoms with Crippen LogP contribution in [-0.4, -0.2) is 73.8 Å². The van der Waals surface area contributed by atoms with E-state index in [1.54, 1.807) is 31.6 Å². The average molecular weight is 526 g/mol. The van der Waals surface area contributed by atoms with Gasteiger partial charge in [0.25, 0.3) is 11.8 Å². The number of nitriles is 1. The van der Waals surface area contributed by atoms with Gasteiger partial charge in [-0.05, 0) is 30.0 Å². The number of nitrogens with zero attached hydrogens (tertiary/aromatic N) is 5. The Balaban J connectivity index is 1.25. The van der Waals surface area contributed by atoms with Gasteiger partial charge in [-0.15, -0.1) is 0 Å². The molecule has 2 N–H and O–H groups in total. The molecule has 2 aromatic heterocycles. The number of aromatic amines is 1. The molecule has 0 bridgehead atoms. The fourth-order valence-electron chi connectivity index (χ4n) is 5.29. The summed E-state index contributed by atoms with van der Waals surface area (Å²) >= 11 is 0. The van der Waals surface area contributed by atoms with Crippen LogP contribution in [0.3, 0.4) is 0 Å². The van der Waals surface area contributed by atoms with Gasteiger partial charge in [0.1, 0.15) is 12.1 Å². The number of nitrogens with one attached hydrogen (secondary N) is 2. The van der Waals surface area contributed by atoms with Gasteiger partial charge in [0.05, 0.1) is 24.5 Å². The second-order valence-corrected chi connectivity index (χ2v) is 10.3. The highest BCUT2D eigenvalue weighted by atomic mass is 16.5. The Morgan fingerprint density at radius 3 is 2.77 bits per heavy atom. The number of ether oxygens (including phenoxy) is 1. The van der Waals surface area contributed by atoms with Crippen LogP contribution in [0, 0.1) is 17.2 Å². The van der Waals surface area contributed by atoms with Crippen LogP contribution in [0.15, 0.2) is 54.9 Å². The summed E-state index contributed by atoms with van der Waals surface area (Å²) < 4.78 is 6.09. The lowest BCUT2D eigenvalue weighted by atomic mass is 9.97. The van der Waals surface area contributed by atoms with Crippen molar-refractivity contribution in [1.29, 1.82) is 5.26 Å². The van der Waals surface area contributed by atoms with Crippen molar-refractivity contribution in [2.75, 3.05) is 18.9 Å². The SMILES string of the molecule is CN(C(=O)c1ncc(-c2ccccc2)[nH]1)[C@@H](CC1CC1)C(=O)N1C[C@@]2(C[C@H]1C#N)Oc1cccnc1NC2=O. The largest absolute Gasteiger partial charge is 0.472 e. The van der Waals surface area contributed by atoms with Gasteiger partial charge in [0.2, 0.25) is 11.5 Å². The molecule has 3 atom stereocenters. The first-order valence-corrected chi connectivity index (χ1v) is 12.9. The van der Waals surface area contributed by atoms with Crippen LogP contribution in [0.5, 0.6) is 5.75 Å². The highest BCUT2D eigenvalue weighted by Crippen LogP contribution is 2.40. The smallest absolute Gasteiger partial charge is 0.290 e. The summed E-state index contributed by atoms with van der Waals surface area (Å²) in [6.45, 7) is -0.105. The van der Waals surface area contributed by atoms with Gasteiger partial charge in [-0.1, -0.05) is 43.2 Å². The molecule has 198 valence electrons. The van der Waals surface area contributed by atoms with Crippen LogP contribution in [0.4, 0.5) is 5.82 Å². The molecule has 3 amide bonds. The van der Waals surface area contributed by atoms with Gasteiger partial charge in [-0.2, -0.15) is 5.26 Å². The third-order valence-electron chi connectivity index (χ3n) is 7.67. The second kappa shape index (κ2) is 9.54. The lowest BCUT2D eigenvalue weighted by Gasteiger charge is -2.34. The number of aromatic nitrogens is 3. The molecule has 1 saturated heterocycles. The molecule has 2 aliphatic heterocycles. The molecule has 2 fully saturated rings. The molecular formula is C28H27N7O4. The predicted molar refractivity (Wildman–Crippen MR) is 139 cm³/mol. The summed E-state index contributed by atoms with van der Waals surface area (Å²) in [6.07, 6.45) is 5.57. The first-order valence-electron chi connectivity index (χ1n) is 12.9. The van der Waals surface area contributed by atoms with Crippen molar-refractivity contribution in [2.45, 2.75) is 43.4 Å². The number of likely N-dealkylation sites (tertiary alicyclic amines) is 1. The molecule has 3 aliphatic rings. The van der Waals surface area contributed by atoms with Crippen LogP contribution < -0.4 is 10.1 Å². The van der Waals surface area contributed by atoms with Gasteiger partial charge in [-0.3, -0.25) is 14.4 Å². The molecule has 1 saturated carbocycles. The third-order valence-corrected chi connectivity index (χ3v) is 7.67. The van der Waals surface area contributed by atoms with Crippen molar-refractivity contribution < 1.29 is 19.1 Å². The number of rotatable bonds is 6. The lowest BCUT2D eigenvalue weighted by Crippen LogP contribution is -2.55. The van der Waals surface area contributed by atoms with E-state index in [1.165, 1.54) is 9.80 Å². The number of hydrogen-bond acceptors (Lipinski definition) is 7. The summed E-state index contributed by atoms with van der Waals surface area (Å²) in [7, 11) is 1.58. The number of fused-ring (bicyclic) bond motifs is 1. The molecule has 4 heterocycles. The molecule has 6 rings (SSSR count). The average Bonchev–Trinajstić information content (AvgIpc) is 3.50. The van der Waals surface area contributed by atoms with Crippen LogP contribution in [0.25, 0.3) is 11.3 Å². The van der Waals surface area contributed by atoms with Crippen LogP contribution >= 0.6 is 0 Å². The molecule has 0 unspecified atom stereocenters. The Morgan fingerprint density at radius 1 is 1.23 bits per heavy atom. The van der Waals surface area contributed by atoms with E-state index in [1.807, 2.05) is 30.3 Å². The molecule has 11 heteroatoms. The molecular weight excluding hydrogens is 498 g/mol. The van der Waals surface area contributed by atoms with Crippen molar-refractivity contribution in [2.24, 2.45) is 5.92 Å². The van der Waals surface area contributed by atoms with Crippen molar-refractivity contribution in [1.82, 2.24) is 24.8 Å². The number of H-pyrrole nitrogens is 1. The van der Waals surface area contributed by atoms with E-state index in [0.29, 0.717) is 29.6 Å². The van der Waals surface area contributed by atoms with Crippen LogP contribution in [-0.2, 0) is 9.59 Å². The fourth-order valence-corrected chi connectivity index (χ4v) is 5.29. The molecule has 3 aromatic rings. The molecule has 11 nitrogen and oxygen atoms in total. The standard InChI is InChI=1S/C28H27N7O4/c1-34(26(37)24-31-15-20(32-24)18-6-3-2-4-7-18)21(12-17-9-10-17)25(36)35-16-28(13-19(35)14-29)27(38)33-23-22(39-28)8-5-11-30-23/h2-8,11,15,17,19,21H,9-10,12-13,16H2,1H3,(H,31,32)(H,30,33,38)/t19-,21-,28+/m0/s1. The molecule has 39 heavy (non-hydrogen) atoms. The van der Waals surface area contributed by atoms with E-state index >= 15 is 0 Å². The Hall–Kier alpha value is -4.72. The maximum Gasteiger partial charge on any atom is 0.290 e. The van der Waals surface area contributed by atoms with Gasteiger partial charge >= 0.3 is 0 Å². The zero-order valence-electron chi connectivity index (χ0n) is 21.3. The van der Waals surface area contributed by atoms with Crippen LogP contribution in [0.2, 0.25) is 0 Å². The number of hydrogen-bond donors (Lipinski definition) is 2. The summed E-state index contributed by atoms with van der Waals surface area (Å²) in [5, 5.41) is 12.7. The van der Waals surface area contributed by atoms with Crippen molar-refractivity contribution in [3.05, 3.63) is 60.7 Å². The quantitative estimate of drug-likeness (QED) is 0.503. The first kappa shape index (κ1) is 24.6. The maximum absolute atomic E-state index is 14.0. The summed E-state index contributed by atoms with van der Waals surface area (Å²) in [5.41, 5.74) is 0.169. The normalized spacial score (nSPS) is 22.4. The highest BCUT2D eigenvalue weighted by molar-refractivity contribution is 6.01. The van der Waals surface area contributed by atoms with Crippen LogP contribution in [0.1, 0.15) is 36.3 Å². The lowest BCUT2D eigenvalue weighted by molar-refractivity contribution is -0.138. The minimum absolute atomic E-state index is 0.0157. The zero-order valence-corrected chi connectivity index (χ0v) is 21.3. The number of anilines is 1. The summed E-state index contributed by atoms with van der Waals surface area (Å²) in [5.74, 6) is -0.131. The zero-order chi connectivity index (χ0) is 27.1. The van der Waals surface area contributed by atoms with E-state index in [4.69, 9.17) is 4.74 Å².